The summed E-state index contributed by atoms with van der Waals surface area (Å²) in [6.07, 6.45) is 0. The van der Waals surface area contributed by atoms with E-state index in [1.54, 1.807) is 18.2 Å². The van der Waals surface area contributed by atoms with Crippen LogP contribution in [0.1, 0.15) is 0 Å². The standard InChI is InChI=1S/C12H9BrCl2FN3/c13-5-1-2-6(14)9(3-5)19-12-8(18)4-7(17)10(15)11(12)16/h1-4,19H,17-18H2. The Hall–Kier alpha value is -1.17. The van der Waals surface area contributed by atoms with Crippen molar-refractivity contribution in [3.05, 3.63) is 44.6 Å². The highest BCUT2D eigenvalue weighted by atomic mass is 79.9. The Kier molecular flexibility index (Phi) is 4.08. The van der Waals surface area contributed by atoms with Crippen LogP contribution in [0.4, 0.5) is 27.1 Å². The smallest absolute Gasteiger partial charge is 0.169 e. The monoisotopic (exact) mass is 363 g/mol. The average molecular weight is 365 g/mol. The topological polar surface area (TPSA) is 64.1 Å². The van der Waals surface area contributed by atoms with Gasteiger partial charge in [-0.25, -0.2) is 4.39 Å². The lowest BCUT2D eigenvalue weighted by Gasteiger charge is -2.14. The van der Waals surface area contributed by atoms with Crippen molar-refractivity contribution in [2.75, 3.05) is 16.8 Å². The first kappa shape index (κ1) is 14.2. The van der Waals surface area contributed by atoms with Gasteiger partial charge in [-0.3, -0.25) is 0 Å². The second-order valence-electron chi connectivity index (χ2n) is 3.81. The lowest BCUT2D eigenvalue weighted by Crippen LogP contribution is -2.03. The van der Waals surface area contributed by atoms with Gasteiger partial charge in [0.2, 0.25) is 0 Å². The number of nitrogens with one attached hydrogen (secondary N) is 1. The maximum Gasteiger partial charge on any atom is 0.169 e. The number of nitrogens with two attached hydrogens (primary N) is 2. The zero-order chi connectivity index (χ0) is 14.2. The van der Waals surface area contributed by atoms with Crippen molar-refractivity contribution in [1.82, 2.24) is 0 Å². The zero-order valence-electron chi connectivity index (χ0n) is 9.48. The van der Waals surface area contributed by atoms with Crippen LogP contribution in [-0.2, 0) is 0 Å². The molecule has 0 spiro atoms. The number of hydrogen-bond donors (Lipinski definition) is 3. The molecule has 2 aromatic rings. The first-order valence-corrected chi connectivity index (χ1v) is 6.70. The SMILES string of the molecule is Nc1cc(N)c(Nc2cc(Br)ccc2Cl)c(F)c1Cl. The summed E-state index contributed by atoms with van der Waals surface area (Å²) in [7, 11) is 0. The summed E-state index contributed by atoms with van der Waals surface area (Å²) in [5, 5.41) is 3.06. The molecule has 0 radical (unpaired) electrons. The molecule has 2 aromatic carbocycles. The molecule has 0 aliphatic heterocycles. The fraction of sp³-hybridized carbons (Fsp3) is 0. The van der Waals surface area contributed by atoms with Gasteiger partial charge in [0.1, 0.15) is 5.02 Å². The molecule has 0 saturated heterocycles. The lowest BCUT2D eigenvalue weighted by molar-refractivity contribution is 0.633. The molecule has 0 saturated carbocycles. The molecule has 3 nitrogen and oxygen atoms in total. The average Bonchev–Trinajstić information content (AvgIpc) is 2.36. The van der Waals surface area contributed by atoms with E-state index in [0.29, 0.717) is 10.7 Å². The van der Waals surface area contributed by atoms with E-state index in [2.05, 4.69) is 21.2 Å². The third kappa shape index (κ3) is 2.88. The Morgan fingerprint density at radius 2 is 1.79 bits per heavy atom. The number of anilines is 4. The minimum atomic E-state index is -0.713. The van der Waals surface area contributed by atoms with Gasteiger partial charge >= 0.3 is 0 Å². The lowest BCUT2D eigenvalue weighted by atomic mass is 10.2. The Bertz CT molecular complexity index is 649. The van der Waals surface area contributed by atoms with Gasteiger partial charge in [-0.1, -0.05) is 39.1 Å². The van der Waals surface area contributed by atoms with E-state index in [1.165, 1.54) is 6.07 Å². The quantitative estimate of drug-likeness (QED) is 0.670. The molecule has 0 aliphatic rings. The van der Waals surface area contributed by atoms with Crippen LogP contribution in [0.15, 0.2) is 28.7 Å². The highest BCUT2D eigenvalue weighted by molar-refractivity contribution is 9.10. The summed E-state index contributed by atoms with van der Waals surface area (Å²) < 4.78 is 14.8. The summed E-state index contributed by atoms with van der Waals surface area (Å²) in [6, 6.07) is 6.52. The first-order valence-electron chi connectivity index (χ1n) is 5.15. The summed E-state index contributed by atoms with van der Waals surface area (Å²) in [4.78, 5) is 0. The van der Waals surface area contributed by atoms with Crippen molar-refractivity contribution < 1.29 is 4.39 Å². The molecule has 100 valence electrons. The highest BCUT2D eigenvalue weighted by Crippen LogP contribution is 2.37. The van der Waals surface area contributed by atoms with Crippen LogP contribution < -0.4 is 16.8 Å². The molecule has 5 N–H and O–H groups in total. The number of rotatable bonds is 2. The maximum absolute atomic E-state index is 14.0. The van der Waals surface area contributed by atoms with Crippen molar-refractivity contribution in [1.29, 1.82) is 0 Å². The van der Waals surface area contributed by atoms with Gasteiger partial charge in [-0.05, 0) is 24.3 Å². The number of hydrogen-bond acceptors (Lipinski definition) is 3. The van der Waals surface area contributed by atoms with Crippen molar-refractivity contribution in [3.8, 4) is 0 Å². The number of benzene rings is 2. The highest BCUT2D eigenvalue weighted by Gasteiger charge is 2.15. The fourth-order valence-corrected chi connectivity index (χ4v) is 2.20. The second-order valence-corrected chi connectivity index (χ2v) is 5.51. The summed E-state index contributed by atoms with van der Waals surface area (Å²) in [6.45, 7) is 0. The van der Waals surface area contributed by atoms with E-state index in [1.807, 2.05) is 0 Å². The fourth-order valence-electron chi connectivity index (χ4n) is 1.52. The first-order chi connectivity index (χ1) is 8.90. The molecule has 0 atom stereocenters. The molecule has 2 rings (SSSR count). The van der Waals surface area contributed by atoms with Gasteiger partial charge in [0, 0.05) is 4.47 Å². The van der Waals surface area contributed by atoms with Crippen LogP contribution in [0.5, 0.6) is 0 Å². The van der Waals surface area contributed by atoms with Crippen molar-refractivity contribution in [2.45, 2.75) is 0 Å². The third-order valence-corrected chi connectivity index (χ3v) is 3.66. The second kappa shape index (κ2) is 5.45. The van der Waals surface area contributed by atoms with E-state index in [4.69, 9.17) is 34.7 Å². The van der Waals surface area contributed by atoms with Gasteiger partial charge in [-0.2, -0.15) is 0 Å². The molecule has 0 bridgehead atoms. The number of halogens is 4. The molecule has 0 aromatic heterocycles. The largest absolute Gasteiger partial charge is 0.397 e. The van der Waals surface area contributed by atoms with Gasteiger partial charge in [-0.15, -0.1) is 0 Å². The minimum Gasteiger partial charge on any atom is -0.397 e. The van der Waals surface area contributed by atoms with Crippen molar-refractivity contribution in [2.24, 2.45) is 0 Å². The Balaban J connectivity index is 2.49. The van der Waals surface area contributed by atoms with E-state index in [0.717, 1.165) is 4.47 Å². The Morgan fingerprint density at radius 1 is 1.11 bits per heavy atom. The molecule has 0 aliphatic carbocycles. The van der Waals surface area contributed by atoms with E-state index >= 15 is 0 Å². The Labute approximate surface area is 127 Å². The van der Waals surface area contributed by atoms with Gasteiger partial charge < -0.3 is 16.8 Å². The van der Waals surface area contributed by atoms with Gasteiger partial charge in [0.25, 0.3) is 0 Å². The molecule has 7 heteroatoms. The molecular weight excluding hydrogens is 356 g/mol. The van der Waals surface area contributed by atoms with Crippen LogP contribution in [0.25, 0.3) is 0 Å². The van der Waals surface area contributed by atoms with Crippen LogP contribution in [0.3, 0.4) is 0 Å². The van der Waals surface area contributed by atoms with Crippen LogP contribution in [0, 0.1) is 5.82 Å². The Morgan fingerprint density at radius 3 is 2.47 bits per heavy atom. The minimum absolute atomic E-state index is 0.0409. The van der Waals surface area contributed by atoms with Crippen LogP contribution in [0.2, 0.25) is 10.0 Å². The molecule has 0 unspecified atom stereocenters. The van der Waals surface area contributed by atoms with Crippen molar-refractivity contribution in [3.63, 3.8) is 0 Å². The normalized spacial score (nSPS) is 10.5. The van der Waals surface area contributed by atoms with E-state index < -0.39 is 5.82 Å². The maximum atomic E-state index is 14.0. The third-order valence-electron chi connectivity index (χ3n) is 2.45. The molecule has 0 amide bonds. The van der Waals surface area contributed by atoms with E-state index in [9.17, 15) is 4.39 Å². The summed E-state index contributed by atoms with van der Waals surface area (Å²) in [5.74, 6) is -0.713. The van der Waals surface area contributed by atoms with Crippen molar-refractivity contribution >= 4 is 61.9 Å². The van der Waals surface area contributed by atoms with Gasteiger partial charge in [0.05, 0.1) is 27.8 Å². The molecule has 0 heterocycles. The molecule has 19 heavy (non-hydrogen) atoms. The molecular formula is C12H9BrCl2FN3. The predicted octanol–water partition coefficient (Wildman–Crippen LogP) is 4.80. The van der Waals surface area contributed by atoms with E-state index in [-0.39, 0.29) is 22.1 Å². The number of nitrogen functional groups attached to an aromatic ring is 2. The molecule has 0 fully saturated rings. The van der Waals surface area contributed by atoms with Crippen LogP contribution >= 0.6 is 39.1 Å². The summed E-state index contributed by atoms with van der Waals surface area (Å²) >= 11 is 15.1. The summed E-state index contributed by atoms with van der Waals surface area (Å²) in [5.41, 5.74) is 12.0. The van der Waals surface area contributed by atoms with Crippen LogP contribution in [-0.4, -0.2) is 0 Å². The van der Waals surface area contributed by atoms with Gasteiger partial charge in [0.15, 0.2) is 5.82 Å². The predicted molar refractivity (Wildman–Crippen MR) is 82.7 cm³/mol. The zero-order valence-corrected chi connectivity index (χ0v) is 12.6.